The predicted octanol–water partition coefficient (Wildman–Crippen LogP) is 1.45. The second-order valence-corrected chi connectivity index (χ2v) is 2.90. The first-order valence-electron chi connectivity index (χ1n) is 4.56. The average molecular weight is 202 g/mol. The van der Waals surface area contributed by atoms with Crippen molar-refractivity contribution in [3.8, 4) is 11.6 Å². The molecular formula is C11H10N2O2. The van der Waals surface area contributed by atoms with Crippen molar-refractivity contribution in [2.24, 2.45) is 0 Å². The maximum atomic E-state index is 10.2. The molecular weight excluding hydrogens is 192 g/mol. The minimum absolute atomic E-state index is 0.0191. The minimum atomic E-state index is 0.0191. The number of aromatic nitrogens is 2. The molecule has 2 aromatic rings. The van der Waals surface area contributed by atoms with E-state index in [1.54, 1.807) is 6.20 Å². The van der Waals surface area contributed by atoms with Crippen LogP contribution in [0.5, 0.6) is 5.88 Å². The maximum absolute atomic E-state index is 10.2. The molecule has 0 saturated carbocycles. The summed E-state index contributed by atoms with van der Waals surface area (Å²) in [7, 11) is 0. The number of hydrogen-bond acceptors (Lipinski definition) is 3. The normalized spacial score (nSPS) is 9.87. The predicted molar refractivity (Wildman–Crippen MR) is 55.1 cm³/mol. The first-order chi connectivity index (χ1) is 7.42. The van der Waals surface area contributed by atoms with Crippen LogP contribution < -0.4 is 4.74 Å². The number of nitrogens with zero attached hydrogens (tertiary/aromatic N) is 2. The molecule has 0 N–H and O–H groups in total. The molecule has 0 amide bonds. The van der Waals surface area contributed by atoms with E-state index in [-0.39, 0.29) is 6.61 Å². The molecule has 0 aliphatic rings. The highest BCUT2D eigenvalue weighted by Crippen LogP contribution is 2.18. The molecule has 4 nitrogen and oxygen atoms in total. The van der Waals surface area contributed by atoms with Gasteiger partial charge in [0.05, 0.1) is 0 Å². The van der Waals surface area contributed by atoms with Crippen molar-refractivity contribution in [1.82, 2.24) is 9.55 Å². The van der Waals surface area contributed by atoms with E-state index in [4.69, 9.17) is 4.74 Å². The highest BCUT2D eigenvalue weighted by atomic mass is 16.5. The first kappa shape index (κ1) is 9.45. The molecule has 0 unspecified atom stereocenters. The monoisotopic (exact) mass is 202 g/mol. The van der Waals surface area contributed by atoms with Gasteiger partial charge in [0.15, 0.2) is 6.29 Å². The van der Waals surface area contributed by atoms with Gasteiger partial charge in [0, 0.05) is 18.6 Å². The lowest BCUT2D eigenvalue weighted by atomic mass is 10.4. The summed E-state index contributed by atoms with van der Waals surface area (Å²) < 4.78 is 7.09. The minimum Gasteiger partial charge on any atom is -0.468 e. The van der Waals surface area contributed by atoms with Gasteiger partial charge >= 0.3 is 0 Å². The van der Waals surface area contributed by atoms with Crippen LogP contribution in [-0.2, 0) is 4.79 Å². The highest BCUT2D eigenvalue weighted by Gasteiger charge is 2.04. The van der Waals surface area contributed by atoms with E-state index in [1.807, 2.05) is 41.2 Å². The van der Waals surface area contributed by atoms with E-state index in [0.717, 1.165) is 5.69 Å². The van der Waals surface area contributed by atoms with Gasteiger partial charge in [0.1, 0.15) is 12.3 Å². The van der Waals surface area contributed by atoms with Crippen LogP contribution in [0.4, 0.5) is 0 Å². The number of carbonyl (C=O) groups excluding carboxylic acids is 1. The molecule has 0 fully saturated rings. The van der Waals surface area contributed by atoms with E-state index in [9.17, 15) is 4.79 Å². The van der Waals surface area contributed by atoms with Gasteiger partial charge < -0.3 is 9.30 Å². The Labute approximate surface area is 87.1 Å². The van der Waals surface area contributed by atoms with Gasteiger partial charge in [0.2, 0.25) is 5.88 Å². The fraction of sp³-hybridized carbons (Fsp3) is 0.0909. The summed E-state index contributed by atoms with van der Waals surface area (Å²) in [4.78, 5) is 14.3. The van der Waals surface area contributed by atoms with E-state index in [0.29, 0.717) is 12.2 Å². The first-order valence-corrected chi connectivity index (χ1v) is 4.56. The number of rotatable bonds is 4. The van der Waals surface area contributed by atoms with E-state index in [2.05, 4.69) is 4.98 Å². The molecule has 0 saturated heterocycles. The molecule has 15 heavy (non-hydrogen) atoms. The second-order valence-electron chi connectivity index (χ2n) is 2.90. The van der Waals surface area contributed by atoms with Crippen LogP contribution in [0.15, 0.2) is 42.9 Å². The molecule has 2 aromatic heterocycles. The van der Waals surface area contributed by atoms with Crippen molar-refractivity contribution < 1.29 is 9.53 Å². The Bertz CT molecular complexity index is 438. The SMILES string of the molecule is O=CCOc1ncccc1-n1cccc1. The second kappa shape index (κ2) is 4.41. The van der Waals surface area contributed by atoms with Crippen LogP contribution in [0, 0.1) is 0 Å². The molecule has 0 radical (unpaired) electrons. The molecule has 0 bridgehead atoms. The van der Waals surface area contributed by atoms with Crippen LogP contribution in [0.1, 0.15) is 0 Å². The molecule has 0 atom stereocenters. The summed E-state index contributed by atoms with van der Waals surface area (Å²) in [5.74, 6) is 0.459. The van der Waals surface area contributed by atoms with Crippen molar-refractivity contribution in [2.75, 3.05) is 6.61 Å². The van der Waals surface area contributed by atoms with E-state index < -0.39 is 0 Å². The summed E-state index contributed by atoms with van der Waals surface area (Å²) in [5, 5.41) is 0. The van der Waals surface area contributed by atoms with Gasteiger partial charge in [-0.1, -0.05) is 0 Å². The molecule has 2 rings (SSSR count). The zero-order valence-corrected chi connectivity index (χ0v) is 8.04. The summed E-state index contributed by atoms with van der Waals surface area (Å²) in [6.07, 6.45) is 6.12. The van der Waals surface area contributed by atoms with Gasteiger partial charge in [-0.05, 0) is 24.3 Å². The molecule has 0 aliphatic carbocycles. The lowest BCUT2D eigenvalue weighted by Gasteiger charge is -2.08. The van der Waals surface area contributed by atoms with Gasteiger partial charge in [-0.25, -0.2) is 4.98 Å². The van der Waals surface area contributed by atoms with Gasteiger partial charge in [-0.3, -0.25) is 4.79 Å². The number of carbonyl (C=O) groups is 1. The van der Waals surface area contributed by atoms with E-state index >= 15 is 0 Å². The molecule has 2 heterocycles. The van der Waals surface area contributed by atoms with Gasteiger partial charge in [-0.15, -0.1) is 0 Å². The lowest BCUT2D eigenvalue weighted by Crippen LogP contribution is -2.03. The Morgan fingerprint density at radius 3 is 2.87 bits per heavy atom. The number of hydrogen-bond donors (Lipinski definition) is 0. The lowest BCUT2D eigenvalue weighted by molar-refractivity contribution is -0.109. The average Bonchev–Trinajstić information content (AvgIpc) is 2.80. The summed E-state index contributed by atoms with van der Waals surface area (Å²) >= 11 is 0. The Morgan fingerprint density at radius 1 is 1.33 bits per heavy atom. The van der Waals surface area contributed by atoms with Crippen LogP contribution >= 0.6 is 0 Å². The smallest absolute Gasteiger partial charge is 0.238 e. The van der Waals surface area contributed by atoms with Crippen molar-refractivity contribution in [1.29, 1.82) is 0 Å². The van der Waals surface area contributed by atoms with E-state index in [1.165, 1.54) is 0 Å². The summed E-state index contributed by atoms with van der Waals surface area (Å²) in [6.45, 7) is 0.0191. The van der Waals surface area contributed by atoms with Crippen molar-refractivity contribution in [2.45, 2.75) is 0 Å². The maximum Gasteiger partial charge on any atom is 0.238 e. The van der Waals surface area contributed by atoms with Crippen molar-refractivity contribution in [3.05, 3.63) is 42.9 Å². The van der Waals surface area contributed by atoms with Crippen LogP contribution in [0.2, 0.25) is 0 Å². The largest absolute Gasteiger partial charge is 0.468 e. The van der Waals surface area contributed by atoms with Crippen LogP contribution in [0.3, 0.4) is 0 Å². The Morgan fingerprint density at radius 2 is 2.13 bits per heavy atom. The third kappa shape index (κ3) is 2.04. The van der Waals surface area contributed by atoms with Crippen LogP contribution in [0.25, 0.3) is 5.69 Å². The quantitative estimate of drug-likeness (QED) is 0.705. The standard InChI is InChI=1S/C11H10N2O2/c14-8-9-15-11-10(4-3-5-12-11)13-6-1-2-7-13/h1-8H,9H2. The fourth-order valence-corrected chi connectivity index (χ4v) is 1.30. The fourth-order valence-electron chi connectivity index (χ4n) is 1.30. The Balaban J connectivity index is 2.34. The molecule has 0 aromatic carbocycles. The number of ether oxygens (including phenoxy) is 1. The Hall–Kier alpha value is -2.10. The zero-order valence-electron chi connectivity index (χ0n) is 8.04. The summed E-state index contributed by atoms with van der Waals surface area (Å²) in [6, 6.07) is 7.53. The topological polar surface area (TPSA) is 44.1 Å². The molecule has 0 spiro atoms. The third-order valence-corrected chi connectivity index (χ3v) is 1.92. The number of pyridine rings is 1. The highest BCUT2D eigenvalue weighted by molar-refractivity contribution is 5.52. The van der Waals surface area contributed by atoms with Gasteiger partial charge in [-0.2, -0.15) is 0 Å². The van der Waals surface area contributed by atoms with Gasteiger partial charge in [0.25, 0.3) is 0 Å². The molecule has 76 valence electrons. The van der Waals surface area contributed by atoms with Crippen molar-refractivity contribution in [3.63, 3.8) is 0 Å². The summed E-state index contributed by atoms with van der Waals surface area (Å²) in [5.41, 5.74) is 0.823. The third-order valence-electron chi connectivity index (χ3n) is 1.92. The van der Waals surface area contributed by atoms with Crippen LogP contribution in [-0.4, -0.2) is 22.4 Å². The zero-order chi connectivity index (χ0) is 10.5. The molecule has 0 aliphatic heterocycles. The number of aldehydes is 1. The molecule has 4 heteroatoms. The van der Waals surface area contributed by atoms with Crippen molar-refractivity contribution >= 4 is 6.29 Å². The Kier molecular flexibility index (Phi) is 2.78.